The van der Waals surface area contributed by atoms with Gasteiger partial charge in [-0.15, -0.1) is 0 Å². The van der Waals surface area contributed by atoms with Crippen LogP contribution in [0.4, 0.5) is 0 Å². The number of benzene rings is 9. The molecule has 0 N–H and O–H groups in total. The first kappa shape index (κ1) is 35.6. The van der Waals surface area contributed by atoms with E-state index in [0.29, 0.717) is 5.56 Å². The number of hydrogen-bond acceptors (Lipinski definition) is 1. The van der Waals surface area contributed by atoms with Crippen LogP contribution in [0.1, 0.15) is 43.0 Å². The topological polar surface area (TPSA) is 23.8 Å². The van der Waals surface area contributed by atoms with Gasteiger partial charge in [0, 0.05) is 5.41 Å². The molecule has 0 aromatic heterocycles. The van der Waals surface area contributed by atoms with Crippen LogP contribution in [0.2, 0.25) is 0 Å². The van der Waals surface area contributed by atoms with Crippen LogP contribution in [0.15, 0.2) is 189 Å². The Morgan fingerprint density at radius 2 is 1.18 bits per heavy atom. The number of hydrogen-bond donors (Lipinski definition) is 0. The lowest BCUT2D eigenvalue weighted by atomic mass is 9.79. The third-order valence-corrected chi connectivity index (χ3v) is 13.1. The summed E-state index contributed by atoms with van der Waals surface area (Å²) in [5.74, 6) is 0. The molecule has 0 bridgehead atoms. The zero-order valence-corrected chi connectivity index (χ0v) is 34.0. The zero-order chi connectivity index (χ0) is 40.7. The Morgan fingerprint density at radius 3 is 1.90 bits per heavy atom. The summed E-state index contributed by atoms with van der Waals surface area (Å²) < 4.78 is 0. The minimum atomic E-state index is -0.234. The third-order valence-electron chi connectivity index (χ3n) is 13.1. The SMILES string of the molecule is C=C/C=C(\C=C/C)c1c2c(c(-c3ccccc3)c3ccccc13)-c1cc3c(c4cccc-2c14)-c1ccc(-c2ccc4cc(-c5ccc(C#N)cc5)ccc4c2)cc1C3(C)C. The Morgan fingerprint density at radius 1 is 0.533 bits per heavy atom. The lowest BCUT2D eigenvalue weighted by Gasteiger charge is -2.24. The quantitative estimate of drug-likeness (QED) is 0.155. The van der Waals surface area contributed by atoms with E-state index in [2.05, 4.69) is 185 Å². The monoisotopic (exact) mass is 763 g/mol. The van der Waals surface area contributed by atoms with Gasteiger partial charge in [0.05, 0.1) is 11.6 Å². The van der Waals surface area contributed by atoms with Gasteiger partial charge in [0.25, 0.3) is 0 Å². The average molecular weight is 764 g/mol. The Kier molecular flexibility index (Phi) is 8.03. The summed E-state index contributed by atoms with van der Waals surface area (Å²) in [4.78, 5) is 0. The second kappa shape index (κ2) is 13.5. The molecule has 2 aliphatic carbocycles. The molecule has 60 heavy (non-hydrogen) atoms. The standard InChI is InChI=1S/C59H41N/c1-5-13-38(14-6-2)53-45-17-10-11-18-46(45)54(39-15-8-7-9-16-39)58-50-34-52-56(48-19-12-20-49(55(48)50)57(53)58)47-30-29-44(33-51(47)59(52,3)4)43-28-27-41-31-40(25-26-42(41)32-43)37-23-21-36(35-60)22-24-37/h5-34H,1H2,2-4H3/b14-6-,38-13+. The Labute approximate surface area is 351 Å². The molecule has 0 atom stereocenters. The molecular formula is C59H41N. The normalized spacial score (nSPS) is 13.5. The predicted molar refractivity (Wildman–Crippen MR) is 255 cm³/mol. The van der Waals surface area contributed by atoms with E-state index in [4.69, 9.17) is 0 Å². The number of rotatable bonds is 6. The van der Waals surface area contributed by atoms with Crippen LogP contribution < -0.4 is 0 Å². The van der Waals surface area contributed by atoms with Crippen molar-refractivity contribution in [1.29, 1.82) is 5.26 Å². The van der Waals surface area contributed by atoms with E-state index in [1.54, 1.807) is 0 Å². The van der Waals surface area contributed by atoms with E-state index in [1.165, 1.54) is 105 Å². The molecule has 1 heteroatoms. The van der Waals surface area contributed by atoms with Gasteiger partial charge in [-0.2, -0.15) is 5.26 Å². The van der Waals surface area contributed by atoms with Crippen LogP contribution in [0.3, 0.4) is 0 Å². The highest BCUT2D eigenvalue weighted by molar-refractivity contribution is 6.28. The van der Waals surface area contributed by atoms with Gasteiger partial charge in [-0.1, -0.05) is 166 Å². The fourth-order valence-electron chi connectivity index (χ4n) is 10.3. The van der Waals surface area contributed by atoms with E-state index in [1.807, 2.05) is 30.3 Å². The average Bonchev–Trinajstić information content (AvgIpc) is 3.73. The maximum atomic E-state index is 9.25. The molecule has 9 aromatic rings. The predicted octanol–water partition coefficient (Wildman–Crippen LogP) is 16.1. The molecule has 0 unspecified atom stereocenters. The molecule has 9 aromatic carbocycles. The minimum absolute atomic E-state index is 0.234. The Balaban J connectivity index is 1.10. The molecule has 0 saturated carbocycles. The number of allylic oxidation sites excluding steroid dienone is 5. The summed E-state index contributed by atoms with van der Waals surface area (Å²) in [6.45, 7) is 11.1. The maximum Gasteiger partial charge on any atom is 0.0991 e. The molecule has 0 heterocycles. The molecule has 0 spiro atoms. The molecule has 2 aliphatic rings. The fraction of sp³-hybridized carbons (Fsp3) is 0.0678. The van der Waals surface area contributed by atoms with E-state index in [0.717, 1.165) is 16.7 Å². The molecule has 0 fully saturated rings. The van der Waals surface area contributed by atoms with Crippen molar-refractivity contribution in [3.05, 3.63) is 211 Å². The van der Waals surface area contributed by atoms with Crippen molar-refractivity contribution in [3.8, 4) is 72.8 Å². The molecule has 1 nitrogen and oxygen atoms in total. The second-order valence-corrected chi connectivity index (χ2v) is 16.7. The van der Waals surface area contributed by atoms with Gasteiger partial charge in [0.2, 0.25) is 0 Å². The van der Waals surface area contributed by atoms with E-state index in [9.17, 15) is 5.26 Å². The first-order valence-electron chi connectivity index (χ1n) is 20.8. The number of fused-ring (bicyclic) bond motifs is 9. The molecule has 0 radical (unpaired) electrons. The van der Waals surface area contributed by atoms with Crippen molar-refractivity contribution < 1.29 is 0 Å². The highest BCUT2D eigenvalue weighted by atomic mass is 14.4. The lowest BCUT2D eigenvalue weighted by molar-refractivity contribution is 0.661. The molecule has 282 valence electrons. The maximum absolute atomic E-state index is 9.25. The van der Waals surface area contributed by atoms with E-state index >= 15 is 0 Å². The second-order valence-electron chi connectivity index (χ2n) is 16.7. The van der Waals surface area contributed by atoms with Gasteiger partial charge in [0.15, 0.2) is 0 Å². The Bertz CT molecular complexity index is 3400. The van der Waals surface area contributed by atoms with Crippen molar-refractivity contribution in [3.63, 3.8) is 0 Å². The minimum Gasteiger partial charge on any atom is -0.192 e. The van der Waals surface area contributed by atoms with Crippen molar-refractivity contribution in [2.24, 2.45) is 0 Å². The molecule has 0 saturated heterocycles. The summed E-state index contributed by atoms with van der Waals surface area (Å²) in [6.07, 6.45) is 8.45. The van der Waals surface area contributed by atoms with Gasteiger partial charge in [-0.05, 0) is 165 Å². The summed E-state index contributed by atoms with van der Waals surface area (Å²) in [5, 5.41) is 16.8. The highest BCUT2D eigenvalue weighted by Gasteiger charge is 2.40. The van der Waals surface area contributed by atoms with Crippen LogP contribution in [0.25, 0.3) is 105 Å². The fourth-order valence-corrected chi connectivity index (χ4v) is 10.3. The number of nitriles is 1. The van der Waals surface area contributed by atoms with Gasteiger partial charge < -0.3 is 0 Å². The van der Waals surface area contributed by atoms with Crippen LogP contribution in [-0.2, 0) is 5.41 Å². The van der Waals surface area contributed by atoms with Gasteiger partial charge in [-0.25, -0.2) is 0 Å². The van der Waals surface area contributed by atoms with E-state index in [-0.39, 0.29) is 5.41 Å². The van der Waals surface area contributed by atoms with Gasteiger partial charge in [-0.3, -0.25) is 0 Å². The van der Waals surface area contributed by atoms with Crippen molar-refractivity contribution in [2.75, 3.05) is 0 Å². The van der Waals surface area contributed by atoms with Gasteiger partial charge >= 0.3 is 0 Å². The lowest BCUT2D eigenvalue weighted by Crippen LogP contribution is -2.15. The van der Waals surface area contributed by atoms with Crippen molar-refractivity contribution in [1.82, 2.24) is 0 Å². The first-order chi connectivity index (χ1) is 29.4. The summed E-state index contributed by atoms with van der Waals surface area (Å²) in [5.41, 5.74) is 20.7. The molecule has 0 amide bonds. The molecule has 0 aliphatic heterocycles. The first-order valence-corrected chi connectivity index (χ1v) is 20.8. The van der Waals surface area contributed by atoms with Crippen LogP contribution in [-0.4, -0.2) is 0 Å². The largest absolute Gasteiger partial charge is 0.192 e. The van der Waals surface area contributed by atoms with Crippen LogP contribution in [0.5, 0.6) is 0 Å². The summed E-state index contributed by atoms with van der Waals surface area (Å²) >= 11 is 0. The van der Waals surface area contributed by atoms with Crippen molar-refractivity contribution >= 4 is 37.9 Å². The van der Waals surface area contributed by atoms with E-state index < -0.39 is 0 Å². The van der Waals surface area contributed by atoms with Gasteiger partial charge in [0.1, 0.15) is 0 Å². The smallest absolute Gasteiger partial charge is 0.0991 e. The highest BCUT2D eigenvalue weighted by Crippen LogP contribution is 2.61. The third kappa shape index (κ3) is 5.18. The van der Waals surface area contributed by atoms with Crippen LogP contribution >= 0.6 is 0 Å². The molecular weight excluding hydrogens is 723 g/mol. The zero-order valence-electron chi connectivity index (χ0n) is 34.0. The summed E-state index contributed by atoms with van der Waals surface area (Å²) in [6, 6.07) is 60.1. The molecule has 11 rings (SSSR count). The summed E-state index contributed by atoms with van der Waals surface area (Å²) in [7, 11) is 0. The van der Waals surface area contributed by atoms with Crippen molar-refractivity contribution in [2.45, 2.75) is 26.2 Å². The number of nitrogens with zero attached hydrogens (tertiary/aromatic N) is 1. The van der Waals surface area contributed by atoms with Crippen LogP contribution in [0, 0.1) is 11.3 Å². The Hall–Kier alpha value is -7.53.